The molecule has 1 amide bonds. The molecule has 230 valence electrons. The first-order valence-corrected chi connectivity index (χ1v) is 15.4. The van der Waals surface area contributed by atoms with Gasteiger partial charge in [-0.05, 0) is 42.9 Å². The maximum atomic E-state index is 14.9. The molecule has 42 heavy (non-hydrogen) atoms. The van der Waals surface area contributed by atoms with E-state index < -0.39 is 50.2 Å². The van der Waals surface area contributed by atoms with Crippen molar-refractivity contribution in [2.45, 2.75) is 74.9 Å². The van der Waals surface area contributed by atoms with Crippen LogP contribution in [0.15, 0.2) is 59.5 Å². The van der Waals surface area contributed by atoms with Gasteiger partial charge in [-0.3, -0.25) is 10.2 Å². The van der Waals surface area contributed by atoms with E-state index in [9.17, 15) is 18.0 Å². The van der Waals surface area contributed by atoms with Crippen molar-refractivity contribution >= 4 is 27.7 Å². The summed E-state index contributed by atoms with van der Waals surface area (Å²) in [7, 11) is -3.54. The lowest BCUT2D eigenvalue weighted by Crippen LogP contribution is -2.71. The molecule has 2 aromatic carbocycles. The number of carbonyl (C=O) groups excluding carboxylic acids is 2. The number of aryl methyl sites for hydroxylation is 1. The molecule has 0 spiro atoms. The number of hydrogen-bond donors (Lipinski definition) is 4. The van der Waals surface area contributed by atoms with Gasteiger partial charge >= 0.3 is 5.97 Å². The van der Waals surface area contributed by atoms with Crippen LogP contribution in [-0.2, 0) is 35.3 Å². The van der Waals surface area contributed by atoms with Gasteiger partial charge in [0.2, 0.25) is 15.7 Å². The lowest BCUT2D eigenvalue weighted by Gasteiger charge is -2.49. The summed E-state index contributed by atoms with van der Waals surface area (Å²) in [5, 5.41) is 10.0. The number of ether oxygens (including phenoxy) is 2. The third-order valence-corrected chi connectivity index (χ3v) is 9.68. The molecule has 4 atom stereocenters. The number of amides is 1. The van der Waals surface area contributed by atoms with Gasteiger partial charge in [0.15, 0.2) is 5.96 Å². The topological polar surface area (TPSA) is 181 Å². The Morgan fingerprint density at radius 3 is 2.24 bits per heavy atom. The zero-order valence-electron chi connectivity index (χ0n) is 24.9. The number of nitrogens with one attached hydrogen (secondary N) is 2. The molecular formula is C30H43N5O6S. The molecule has 0 aromatic heterocycles. The third-order valence-electron chi connectivity index (χ3n) is 7.39. The van der Waals surface area contributed by atoms with Gasteiger partial charge < -0.3 is 31.2 Å². The molecule has 1 unspecified atom stereocenters. The highest BCUT2D eigenvalue weighted by Crippen LogP contribution is 2.43. The Kier molecular flexibility index (Phi) is 10.4. The molecule has 11 nitrogen and oxygen atoms in total. The van der Waals surface area contributed by atoms with Crippen LogP contribution in [-0.4, -0.2) is 74.5 Å². The van der Waals surface area contributed by atoms with Crippen molar-refractivity contribution in [3.05, 3.63) is 65.7 Å². The van der Waals surface area contributed by atoms with Crippen molar-refractivity contribution in [3.63, 3.8) is 0 Å². The Morgan fingerprint density at radius 2 is 1.74 bits per heavy atom. The largest absolute Gasteiger partial charge is 0.466 e. The van der Waals surface area contributed by atoms with Crippen molar-refractivity contribution in [2.75, 3.05) is 20.3 Å². The van der Waals surface area contributed by atoms with Crippen LogP contribution in [0.1, 0.15) is 44.7 Å². The SMILES string of the molecule is COC(=O)[C@@](Cc1ccccc1)(N(C(=O)C(N)CCCNC(=N)N)[C@H]([C@H]1CO1)C(C)(C)C)S(=O)(=O)c1ccc(C)cc1. The Hall–Kier alpha value is -3.48. The Bertz CT molecular complexity index is 1360. The Morgan fingerprint density at radius 1 is 1.14 bits per heavy atom. The van der Waals surface area contributed by atoms with E-state index >= 15 is 0 Å². The minimum Gasteiger partial charge on any atom is -0.466 e. The van der Waals surface area contributed by atoms with E-state index in [4.69, 9.17) is 26.4 Å². The molecule has 1 aliphatic rings. The van der Waals surface area contributed by atoms with E-state index in [2.05, 4.69) is 5.32 Å². The summed E-state index contributed by atoms with van der Waals surface area (Å²) >= 11 is 0. The number of sulfone groups is 1. The van der Waals surface area contributed by atoms with Gasteiger partial charge in [-0.2, -0.15) is 0 Å². The highest BCUT2D eigenvalue weighted by atomic mass is 32.2. The Labute approximate surface area is 248 Å². The molecule has 3 rings (SSSR count). The molecule has 2 aromatic rings. The highest BCUT2D eigenvalue weighted by molar-refractivity contribution is 7.93. The second-order valence-electron chi connectivity index (χ2n) is 11.7. The third kappa shape index (κ3) is 7.11. The van der Waals surface area contributed by atoms with Crippen LogP contribution in [0.4, 0.5) is 0 Å². The first-order valence-electron chi connectivity index (χ1n) is 13.9. The number of esters is 1. The Balaban J connectivity index is 2.33. The average Bonchev–Trinajstić information content (AvgIpc) is 3.76. The summed E-state index contributed by atoms with van der Waals surface area (Å²) in [6.07, 6.45) is -0.380. The number of guanidine groups is 1. The van der Waals surface area contributed by atoms with E-state index in [1.54, 1.807) is 42.5 Å². The van der Waals surface area contributed by atoms with Gasteiger partial charge in [0.25, 0.3) is 4.87 Å². The molecule has 0 radical (unpaired) electrons. The maximum absolute atomic E-state index is 14.9. The molecule has 0 aliphatic carbocycles. The van der Waals surface area contributed by atoms with Gasteiger partial charge in [-0.25, -0.2) is 13.2 Å². The molecular weight excluding hydrogens is 558 g/mol. The molecule has 1 aliphatic heterocycles. The van der Waals surface area contributed by atoms with Gasteiger partial charge in [-0.15, -0.1) is 0 Å². The standard InChI is InChI=1S/C30H43N5O6S/c1-20-13-15-22(16-14-20)42(38,39)30(27(37)40-5,18-21-10-7-6-8-11-21)35(25(24-19-41-24)29(2,3)4)26(36)23(31)12-9-17-34-28(32)33/h6-8,10-11,13-16,23-25H,9,12,17-19,31H2,1-5H3,(H4,32,33,34)/t23?,24-,25-,30+/m1/s1. The smallest absolute Gasteiger partial charge is 0.348 e. The molecule has 0 bridgehead atoms. The fourth-order valence-electron chi connectivity index (χ4n) is 5.27. The fourth-order valence-corrected chi connectivity index (χ4v) is 7.28. The fraction of sp³-hybridized carbons (Fsp3) is 0.500. The van der Waals surface area contributed by atoms with Crippen LogP contribution in [0.25, 0.3) is 0 Å². The number of epoxide rings is 1. The normalized spacial score (nSPS) is 17.8. The molecule has 6 N–H and O–H groups in total. The lowest BCUT2D eigenvalue weighted by atomic mass is 9.81. The number of nitrogens with two attached hydrogens (primary N) is 2. The zero-order valence-corrected chi connectivity index (χ0v) is 25.7. The molecule has 1 heterocycles. The average molecular weight is 602 g/mol. The molecule has 1 fully saturated rings. The summed E-state index contributed by atoms with van der Waals surface area (Å²) in [4.78, 5) is 27.3. The van der Waals surface area contributed by atoms with E-state index in [1.165, 1.54) is 12.1 Å². The van der Waals surface area contributed by atoms with Gasteiger partial charge in [-0.1, -0.05) is 68.8 Å². The van der Waals surface area contributed by atoms with Crippen LogP contribution in [0, 0.1) is 17.7 Å². The summed E-state index contributed by atoms with van der Waals surface area (Å²) in [5.74, 6) is -2.03. The molecule has 0 saturated carbocycles. The zero-order chi connectivity index (χ0) is 31.3. The second kappa shape index (κ2) is 13.2. The number of methoxy groups -OCH3 is 1. The second-order valence-corrected chi connectivity index (χ2v) is 13.9. The van der Waals surface area contributed by atoms with Crippen LogP contribution < -0.4 is 16.8 Å². The first-order chi connectivity index (χ1) is 19.7. The molecule has 1 saturated heterocycles. The van der Waals surface area contributed by atoms with Crippen LogP contribution in [0.2, 0.25) is 0 Å². The summed E-state index contributed by atoms with van der Waals surface area (Å²) in [6.45, 7) is 8.00. The maximum Gasteiger partial charge on any atom is 0.348 e. The predicted molar refractivity (Wildman–Crippen MR) is 160 cm³/mol. The van der Waals surface area contributed by atoms with Crippen LogP contribution in [0.3, 0.4) is 0 Å². The number of carbonyl (C=O) groups is 2. The van der Waals surface area contributed by atoms with Gasteiger partial charge in [0, 0.05) is 13.0 Å². The number of hydrogen-bond acceptors (Lipinski definition) is 8. The van der Waals surface area contributed by atoms with Crippen molar-refractivity contribution in [3.8, 4) is 0 Å². The monoisotopic (exact) mass is 601 g/mol. The predicted octanol–water partition coefficient (Wildman–Crippen LogP) is 2.11. The van der Waals surface area contributed by atoms with Crippen LogP contribution in [0.5, 0.6) is 0 Å². The van der Waals surface area contributed by atoms with Crippen molar-refractivity contribution in [2.24, 2.45) is 16.9 Å². The van der Waals surface area contributed by atoms with Crippen molar-refractivity contribution < 1.29 is 27.5 Å². The summed E-state index contributed by atoms with van der Waals surface area (Å²) < 4.78 is 40.8. The minimum absolute atomic E-state index is 0.129. The number of rotatable bonds is 13. The van der Waals surface area contributed by atoms with E-state index in [0.717, 1.165) is 17.6 Å². The van der Waals surface area contributed by atoms with E-state index in [1.807, 2.05) is 27.7 Å². The molecule has 12 heteroatoms. The summed E-state index contributed by atoms with van der Waals surface area (Å²) in [5.41, 5.74) is 12.5. The minimum atomic E-state index is -4.65. The van der Waals surface area contributed by atoms with Crippen molar-refractivity contribution in [1.29, 1.82) is 5.41 Å². The van der Waals surface area contributed by atoms with Crippen molar-refractivity contribution in [1.82, 2.24) is 10.2 Å². The van der Waals surface area contributed by atoms with Gasteiger partial charge in [0.1, 0.15) is 6.10 Å². The highest BCUT2D eigenvalue weighted by Gasteiger charge is 2.64. The lowest BCUT2D eigenvalue weighted by molar-refractivity contribution is -0.162. The quantitative estimate of drug-likeness (QED) is 0.0879. The van der Waals surface area contributed by atoms with E-state index in [0.29, 0.717) is 18.5 Å². The van der Waals surface area contributed by atoms with Gasteiger partial charge in [0.05, 0.1) is 30.7 Å². The first kappa shape index (κ1) is 33.0. The van der Waals surface area contributed by atoms with Crippen LogP contribution >= 0.6 is 0 Å². The number of nitrogens with zero attached hydrogens (tertiary/aromatic N) is 1. The summed E-state index contributed by atoms with van der Waals surface area (Å²) in [6, 6.07) is 12.8. The van der Waals surface area contributed by atoms with E-state index in [-0.39, 0.29) is 30.3 Å². The number of benzene rings is 2.